The van der Waals surface area contributed by atoms with Crippen LogP contribution in [0.5, 0.6) is 0 Å². The number of rotatable bonds is 4. The fraction of sp³-hybridized carbons (Fsp3) is 0.158. The normalized spacial score (nSPS) is 10.8. The quantitative estimate of drug-likeness (QED) is 0.802. The smallest absolute Gasteiger partial charge is 0.254 e. The predicted molar refractivity (Wildman–Crippen MR) is 91.2 cm³/mol. The summed E-state index contributed by atoms with van der Waals surface area (Å²) in [5, 5.41) is 3.67. The number of nitrogens with one attached hydrogen (secondary N) is 1. The van der Waals surface area contributed by atoms with E-state index in [4.69, 9.17) is 0 Å². The van der Waals surface area contributed by atoms with Crippen molar-refractivity contribution in [3.8, 4) is 0 Å². The molecule has 1 heterocycles. The van der Waals surface area contributed by atoms with Gasteiger partial charge in [-0.2, -0.15) is 0 Å². The van der Waals surface area contributed by atoms with Gasteiger partial charge in [-0.1, -0.05) is 30.3 Å². The predicted octanol–water partition coefficient (Wildman–Crippen LogP) is 2.77. The van der Waals surface area contributed by atoms with E-state index in [9.17, 15) is 14.0 Å². The fourth-order valence-electron chi connectivity index (χ4n) is 2.63. The SMILES string of the molecule is Cc1cc2ccccc2n(CC(=O)NCc2ccc(F)cc2)c1=O. The first-order chi connectivity index (χ1) is 11.5. The van der Waals surface area contributed by atoms with Gasteiger partial charge in [-0.15, -0.1) is 0 Å². The lowest BCUT2D eigenvalue weighted by Crippen LogP contribution is -2.32. The highest BCUT2D eigenvalue weighted by Gasteiger charge is 2.10. The van der Waals surface area contributed by atoms with Gasteiger partial charge in [0, 0.05) is 12.1 Å². The number of para-hydroxylation sites is 1. The summed E-state index contributed by atoms with van der Waals surface area (Å²) in [6, 6.07) is 15.2. The monoisotopic (exact) mass is 324 g/mol. The molecule has 0 atom stereocenters. The molecular weight excluding hydrogens is 307 g/mol. The van der Waals surface area contributed by atoms with Crippen LogP contribution in [0, 0.1) is 12.7 Å². The van der Waals surface area contributed by atoms with Gasteiger partial charge in [0.05, 0.1) is 5.52 Å². The maximum atomic E-state index is 12.9. The van der Waals surface area contributed by atoms with Crippen LogP contribution in [0.15, 0.2) is 59.4 Å². The molecule has 0 fully saturated rings. The minimum atomic E-state index is -0.317. The van der Waals surface area contributed by atoms with Gasteiger partial charge in [-0.3, -0.25) is 14.2 Å². The van der Waals surface area contributed by atoms with Crippen LogP contribution >= 0.6 is 0 Å². The van der Waals surface area contributed by atoms with Gasteiger partial charge in [0.2, 0.25) is 5.91 Å². The van der Waals surface area contributed by atoms with Crippen molar-refractivity contribution in [1.29, 1.82) is 0 Å². The number of amides is 1. The standard InChI is InChI=1S/C19H17FN2O2/c1-13-10-15-4-2-3-5-17(15)22(19(13)24)12-18(23)21-11-14-6-8-16(20)9-7-14/h2-10H,11-12H2,1H3,(H,21,23). The Morgan fingerprint density at radius 2 is 1.83 bits per heavy atom. The van der Waals surface area contributed by atoms with E-state index in [1.807, 2.05) is 30.3 Å². The molecule has 0 radical (unpaired) electrons. The summed E-state index contributed by atoms with van der Waals surface area (Å²) in [7, 11) is 0. The number of aromatic nitrogens is 1. The number of pyridine rings is 1. The van der Waals surface area contributed by atoms with Gasteiger partial charge < -0.3 is 5.32 Å². The van der Waals surface area contributed by atoms with Crippen LogP contribution < -0.4 is 10.9 Å². The number of fused-ring (bicyclic) bond motifs is 1. The highest BCUT2D eigenvalue weighted by Crippen LogP contribution is 2.13. The van der Waals surface area contributed by atoms with Crippen LogP contribution in [0.2, 0.25) is 0 Å². The topological polar surface area (TPSA) is 51.1 Å². The molecule has 0 aliphatic carbocycles. The first kappa shape index (κ1) is 15.9. The molecule has 2 aromatic carbocycles. The molecule has 0 saturated carbocycles. The van der Waals surface area contributed by atoms with Gasteiger partial charge in [-0.05, 0) is 42.1 Å². The van der Waals surface area contributed by atoms with E-state index < -0.39 is 0 Å². The lowest BCUT2D eigenvalue weighted by atomic mass is 10.1. The summed E-state index contributed by atoms with van der Waals surface area (Å²) in [6.07, 6.45) is 0. The van der Waals surface area contributed by atoms with E-state index in [0.717, 1.165) is 16.5 Å². The van der Waals surface area contributed by atoms with Crippen LogP contribution in [0.1, 0.15) is 11.1 Å². The maximum Gasteiger partial charge on any atom is 0.254 e. The number of hydrogen-bond acceptors (Lipinski definition) is 2. The molecular formula is C19H17FN2O2. The average molecular weight is 324 g/mol. The zero-order valence-corrected chi connectivity index (χ0v) is 13.3. The molecule has 0 spiro atoms. The molecule has 0 unspecified atom stereocenters. The molecule has 1 N–H and O–H groups in total. The Hall–Kier alpha value is -2.95. The summed E-state index contributed by atoms with van der Waals surface area (Å²) in [4.78, 5) is 24.6. The minimum absolute atomic E-state index is 0.0534. The van der Waals surface area contributed by atoms with E-state index in [0.29, 0.717) is 5.56 Å². The fourth-order valence-corrected chi connectivity index (χ4v) is 2.63. The molecule has 122 valence electrons. The van der Waals surface area contributed by atoms with E-state index in [2.05, 4.69) is 5.32 Å². The summed E-state index contributed by atoms with van der Waals surface area (Å²) >= 11 is 0. The van der Waals surface area contributed by atoms with E-state index >= 15 is 0 Å². The number of hydrogen-bond donors (Lipinski definition) is 1. The van der Waals surface area contributed by atoms with Gasteiger partial charge >= 0.3 is 0 Å². The van der Waals surface area contributed by atoms with E-state index in [1.165, 1.54) is 16.7 Å². The number of carbonyl (C=O) groups is 1. The summed E-state index contributed by atoms with van der Waals surface area (Å²) in [5.41, 5.74) is 1.95. The number of aryl methyl sites for hydroxylation is 1. The average Bonchev–Trinajstić information content (AvgIpc) is 2.58. The summed E-state index contributed by atoms with van der Waals surface area (Å²) < 4.78 is 14.4. The van der Waals surface area contributed by atoms with Crippen molar-refractivity contribution in [2.24, 2.45) is 0 Å². The van der Waals surface area contributed by atoms with Crippen molar-refractivity contribution in [3.05, 3.63) is 81.9 Å². The van der Waals surface area contributed by atoms with Crippen molar-refractivity contribution < 1.29 is 9.18 Å². The first-order valence-electron chi connectivity index (χ1n) is 7.65. The molecule has 24 heavy (non-hydrogen) atoms. The third kappa shape index (κ3) is 3.35. The Morgan fingerprint density at radius 3 is 2.58 bits per heavy atom. The second-order valence-electron chi connectivity index (χ2n) is 5.68. The van der Waals surface area contributed by atoms with Crippen LogP contribution in [-0.2, 0) is 17.9 Å². The molecule has 1 amide bonds. The van der Waals surface area contributed by atoms with Crippen molar-refractivity contribution in [3.63, 3.8) is 0 Å². The van der Waals surface area contributed by atoms with Crippen molar-refractivity contribution in [2.45, 2.75) is 20.0 Å². The summed E-state index contributed by atoms with van der Waals surface area (Å²) in [5.74, 6) is -0.583. The lowest BCUT2D eigenvalue weighted by Gasteiger charge is -2.12. The zero-order valence-electron chi connectivity index (χ0n) is 13.3. The molecule has 4 nitrogen and oxygen atoms in total. The highest BCUT2D eigenvalue weighted by atomic mass is 19.1. The lowest BCUT2D eigenvalue weighted by molar-refractivity contribution is -0.121. The van der Waals surface area contributed by atoms with Crippen LogP contribution in [0.4, 0.5) is 4.39 Å². The molecule has 1 aromatic heterocycles. The molecule has 0 aliphatic rings. The third-order valence-corrected chi connectivity index (χ3v) is 3.89. The number of carbonyl (C=O) groups excluding carboxylic acids is 1. The molecule has 3 rings (SSSR count). The van der Waals surface area contributed by atoms with Crippen LogP contribution in [-0.4, -0.2) is 10.5 Å². The zero-order chi connectivity index (χ0) is 17.1. The first-order valence-corrected chi connectivity index (χ1v) is 7.65. The van der Waals surface area contributed by atoms with Crippen molar-refractivity contribution in [1.82, 2.24) is 9.88 Å². The summed E-state index contributed by atoms with van der Waals surface area (Å²) in [6.45, 7) is 1.97. The molecule has 5 heteroatoms. The van der Waals surface area contributed by atoms with Gasteiger partial charge in [0.15, 0.2) is 0 Å². The van der Waals surface area contributed by atoms with E-state index in [-0.39, 0.29) is 30.4 Å². The maximum absolute atomic E-state index is 12.9. The Bertz CT molecular complexity index is 946. The number of benzene rings is 2. The third-order valence-electron chi connectivity index (χ3n) is 3.89. The van der Waals surface area contributed by atoms with Crippen molar-refractivity contribution in [2.75, 3.05) is 0 Å². The Labute approximate surface area is 138 Å². The molecule has 0 saturated heterocycles. The van der Waals surface area contributed by atoms with Gasteiger partial charge in [0.1, 0.15) is 12.4 Å². The minimum Gasteiger partial charge on any atom is -0.350 e. The molecule has 0 aliphatic heterocycles. The van der Waals surface area contributed by atoms with E-state index in [1.54, 1.807) is 19.1 Å². The van der Waals surface area contributed by atoms with Crippen molar-refractivity contribution >= 4 is 16.8 Å². The number of nitrogens with zero attached hydrogens (tertiary/aromatic N) is 1. The highest BCUT2D eigenvalue weighted by molar-refractivity contribution is 5.82. The van der Waals surface area contributed by atoms with Gasteiger partial charge in [-0.25, -0.2) is 4.39 Å². The molecule has 3 aromatic rings. The Balaban J connectivity index is 1.79. The van der Waals surface area contributed by atoms with Gasteiger partial charge in [0.25, 0.3) is 5.56 Å². The van der Waals surface area contributed by atoms with Crippen LogP contribution in [0.3, 0.4) is 0 Å². The second-order valence-corrected chi connectivity index (χ2v) is 5.68. The Morgan fingerprint density at radius 1 is 1.12 bits per heavy atom. The largest absolute Gasteiger partial charge is 0.350 e. The number of halogens is 1. The Kier molecular flexibility index (Phi) is 4.42. The molecule has 0 bridgehead atoms. The second kappa shape index (κ2) is 6.66. The van der Waals surface area contributed by atoms with Crippen LogP contribution in [0.25, 0.3) is 10.9 Å².